The Labute approximate surface area is 88.2 Å². The number of amides is 2. The van der Waals surface area contributed by atoms with E-state index in [-0.39, 0.29) is 35.7 Å². The number of likely N-dealkylation sites (tertiary alicyclic amines) is 1. The summed E-state index contributed by atoms with van der Waals surface area (Å²) in [5.74, 6) is 0.105. The number of carbonyl (C=O) groups excluding carboxylic acids is 2. The van der Waals surface area contributed by atoms with E-state index in [0.29, 0.717) is 6.54 Å². The summed E-state index contributed by atoms with van der Waals surface area (Å²) in [4.78, 5) is 24.9. The molecular formula is C11H15NO3. The van der Waals surface area contributed by atoms with Crippen molar-refractivity contribution in [3.05, 3.63) is 0 Å². The SMILES string of the molecule is O=C1C2CC2C(=O)N1CC1(CCO)CC1. The van der Waals surface area contributed by atoms with Crippen LogP contribution in [0.15, 0.2) is 0 Å². The van der Waals surface area contributed by atoms with Gasteiger partial charge in [-0.05, 0) is 31.1 Å². The lowest BCUT2D eigenvalue weighted by Gasteiger charge is -2.22. The van der Waals surface area contributed by atoms with Gasteiger partial charge in [0.1, 0.15) is 0 Å². The van der Waals surface area contributed by atoms with Crippen LogP contribution in [0.25, 0.3) is 0 Å². The Hall–Kier alpha value is -0.900. The zero-order valence-corrected chi connectivity index (χ0v) is 8.61. The second-order valence-electron chi connectivity index (χ2n) is 5.18. The summed E-state index contributed by atoms with van der Waals surface area (Å²) < 4.78 is 0. The minimum atomic E-state index is 0.0161. The summed E-state index contributed by atoms with van der Waals surface area (Å²) in [5, 5.41) is 8.92. The van der Waals surface area contributed by atoms with Gasteiger partial charge in [0.15, 0.2) is 0 Å². The van der Waals surface area contributed by atoms with Crippen molar-refractivity contribution in [2.75, 3.05) is 13.2 Å². The minimum absolute atomic E-state index is 0.0161. The smallest absolute Gasteiger partial charge is 0.233 e. The molecule has 3 rings (SSSR count). The van der Waals surface area contributed by atoms with E-state index in [1.54, 1.807) is 0 Å². The molecule has 1 N–H and O–H groups in total. The van der Waals surface area contributed by atoms with E-state index in [9.17, 15) is 9.59 Å². The molecule has 2 unspecified atom stereocenters. The van der Waals surface area contributed by atoms with Crippen LogP contribution in [0, 0.1) is 17.3 Å². The van der Waals surface area contributed by atoms with Gasteiger partial charge in [-0.25, -0.2) is 0 Å². The van der Waals surface area contributed by atoms with Gasteiger partial charge in [-0.15, -0.1) is 0 Å². The van der Waals surface area contributed by atoms with Crippen molar-refractivity contribution in [3.8, 4) is 0 Å². The van der Waals surface area contributed by atoms with Crippen molar-refractivity contribution in [2.45, 2.75) is 25.7 Å². The summed E-state index contributed by atoms with van der Waals surface area (Å²) in [6, 6.07) is 0. The first kappa shape index (κ1) is 9.33. The number of rotatable bonds is 4. The molecule has 2 aliphatic carbocycles. The van der Waals surface area contributed by atoms with Gasteiger partial charge in [0, 0.05) is 13.2 Å². The Morgan fingerprint density at radius 1 is 1.27 bits per heavy atom. The van der Waals surface area contributed by atoms with Crippen LogP contribution in [0.3, 0.4) is 0 Å². The first-order chi connectivity index (χ1) is 7.17. The predicted octanol–water partition coefficient (Wildman–Crippen LogP) is 0.154. The van der Waals surface area contributed by atoms with Crippen molar-refractivity contribution in [1.29, 1.82) is 0 Å². The van der Waals surface area contributed by atoms with Gasteiger partial charge >= 0.3 is 0 Å². The number of fused-ring (bicyclic) bond motifs is 1. The molecule has 1 heterocycles. The normalized spacial score (nSPS) is 35.7. The molecule has 0 aromatic heterocycles. The highest BCUT2D eigenvalue weighted by atomic mass is 16.3. The van der Waals surface area contributed by atoms with Crippen LogP contribution >= 0.6 is 0 Å². The summed E-state index contributed by atoms with van der Waals surface area (Å²) in [5.41, 5.74) is 0.0663. The molecular weight excluding hydrogens is 194 g/mol. The highest BCUT2D eigenvalue weighted by molar-refractivity contribution is 6.08. The molecule has 1 aliphatic heterocycles. The monoisotopic (exact) mass is 209 g/mol. The second kappa shape index (κ2) is 2.82. The molecule has 0 bridgehead atoms. The molecule has 2 amide bonds. The van der Waals surface area contributed by atoms with Gasteiger partial charge < -0.3 is 5.11 Å². The summed E-state index contributed by atoms with van der Waals surface area (Å²) >= 11 is 0. The van der Waals surface area contributed by atoms with Crippen LogP contribution in [-0.4, -0.2) is 35.0 Å². The molecule has 0 aromatic rings. The molecule has 4 heteroatoms. The summed E-state index contributed by atoms with van der Waals surface area (Å²) in [6.07, 6.45) is 3.58. The van der Waals surface area contributed by atoms with E-state index in [2.05, 4.69) is 0 Å². The van der Waals surface area contributed by atoms with E-state index < -0.39 is 0 Å². The van der Waals surface area contributed by atoms with E-state index in [0.717, 1.165) is 25.7 Å². The van der Waals surface area contributed by atoms with Gasteiger partial charge in [-0.2, -0.15) is 0 Å². The fraction of sp³-hybridized carbons (Fsp3) is 0.818. The van der Waals surface area contributed by atoms with E-state index in [4.69, 9.17) is 5.11 Å². The van der Waals surface area contributed by atoms with E-state index >= 15 is 0 Å². The van der Waals surface area contributed by atoms with Crippen LogP contribution in [0.1, 0.15) is 25.7 Å². The molecule has 3 fully saturated rings. The van der Waals surface area contributed by atoms with E-state index in [1.807, 2.05) is 0 Å². The number of carbonyl (C=O) groups is 2. The number of hydrogen-bond acceptors (Lipinski definition) is 3. The Bertz CT molecular complexity index is 315. The second-order valence-corrected chi connectivity index (χ2v) is 5.18. The number of aliphatic hydroxyl groups excluding tert-OH is 1. The third kappa shape index (κ3) is 1.31. The van der Waals surface area contributed by atoms with Crippen LogP contribution in [0.4, 0.5) is 0 Å². The number of nitrogens with zero attached hydrogens (tertiary/aromatic N) is 1. The molecule has 0 radical (unpaired) electrons. The van der Waals surface area contributed by atoms with Gasteiger partial charge in [0.05, 0.1) is 11.8 Å². The largest absolute Gasteiger partial charge is 0.396 e. The highest BCUT2D eigenvalue weighted by Gasteiger charge is 2.60. The minimum Gasteiger partial charge on any atom is -0.396 e. The third-order valence-electron chi connectivity index (χ3n) is 4.05. The molecule has 82 valence electrons. The predicted molar refractivity (Wildman–Crippen MR) is 51.7 cm³/mol. The fourth-order valence-electron chi connectivity index (χ4n) is 2.64. The van der Waals surface area contributed by atoms with Gasteiger partial charge in [0.25, 0.3) is 0 Å². The van der Waals surface area contributed by atoms with Gasteiger partial charge in [-0.3, -0.25) is 14.5 Å². The topological polar surface area (TPSA) is 57.6 Å². The Balaban J connectivity index is 1.69. The molecule has 1 saturated heterocycles. The van der Waals surface area contributed by atoms with Crippen LogP contribution in [-0.2, 0) is 9.59 Å². The van der Waals surface area contributed by atoms with Gasteiger partial charge in [-0.1, -0.05) is 0 Å². The molecule has 0 spiro atoms. The molecule has 15 heavy (non-hydrogen) atoms. The highest BCUT2D eigenvalue weighted by Crippen LogP contribution is 2.53. The maximum absolute atomic E-state index is 11.7. The van der Waals surface area contributed by atoms with Crippen molar-refractivity contribution in [2.24, 2.45) is 17.3 Å². The molecule has 3 aliphatic rings. The average molecular weight is 209 g/mol. The van der Waals surface area contributed by atoms with Gasteiger partial charge in [0.2, 0.25) is 11.8 Å². The lowest BCUT2D eigenvalue weighted by Crippen LogP contribution is -2.38. The van der Waals surface area contributed by atoms with E-state index in [1.165, 1.54) is 4.90 Å². The van der Waals surface area contributed by atoms with Crippen molar-refractivity contribution in [3.63, 3.8) is 0 Å². The molecule has 0 aromatic carbocycles. The van der Waals surface area contributed by atoms with Crippen molar-refractivity contribution in [1.82, 2.24) is 4.90 Å². The number of hydrogen-bond donors (Lipinski definition) is 1. The Kier molecular flexibility index (Phi) is 1.75. The maximum Gasteiger partial charge on any atom is 0.233 e. The van der Waals surface area contributed by atoms with Crippen molar-refractivity contribution < 1.29 is 14.7 Å². The Morgan fingerprint density at radius 2 is 1.87 bits per heavy atom. The number of piperidine rings is 1. The van der Waals surface area contributed by atoms with Crippen LogP contribution in [0.5, 0.6) is 0 Å². The molecule has 2 saturated carbocycles. The lowest BCUT2D eigenvalue weighted by atomic mass is 10.0. The number of aliphatic hydroxyl groups is 1. The average Bonchev–Trinajstić information content (AvgIpc) is 3.07. The Morgan fingerprint density at radius 3 is 2.33 bits per heavy atom. The van der Waals surface area contributed by atoms with Crippen molar-refractivity contribution >= 4 is 11.8 Å². The standard InChI is InChI=1S/C11H15NO3/c13-4-3-11(1-2-11)6-12-9(14)7-5-8(7)10(12)15/h7-8,13H,1-6H2. The molecule has 2 atom stereocenters. The maximum atomic E-state index is 11.7. The van der Waals surface area contributed by atoms with Crippen LogP contribution < -0.4 is 0 Å². The summed E-state index contributed by atoms with van der Waals surface area (Å²) in [6.45, 7) is 0.710. The fourth-order valence-corrected chi connectivity index (χ4v) is 2.64. The zero-order valence-electron chi connectivity index (χ0n) is 8.61. The number of imide groups is 1. The molecule has 4 nitrogen and oxygen atoms in total. The summed E-state index contributed by atoms with van der Waals surface area (Å²) in [7, 11) is 0. The first-order valence-corrected chi connectivity index (χ1v) is 5.63. The quantitative estimate of drug-likeness (QED) is 0.671. The zero-order chi connectivity index (χ0) is 10.6. The first-order valence-electron chi connectivity index (χ1n) is 5.63. The third-order valence-corrected chi connectivity index (χ3v) is 4.05. The van der Waals surface area contributed by atoms with Crippen LogP contribution in [0.2, 0.25) is 0 Å². The lowest BCUT2D eigenvalue weighted by molar-refractivity contribution is -0.142.